The topological polar surface area (TPSA) is 0 Å². The van der Waals surface area contributed by atoms with Crippen molar-refractivity contribution in [1.29, 1.82) is 0 Å². The van der Waals surface area contributed by atoms with E-state index in [0.29, 0.717) is 5.41 Å². The summed E-state index contributed by atoms with van der Waals surface area (Å²) in [5, 5.41) is 0. The van der Waals surface area contributed by atoms with Gasteiger partial charge < -0.3 is 0 Å². The maximum atomic E-state index is 2.48. The minimum Gasteiger partial charge on any atom is -0.0654 e. The summed E-state index contributed by atoms with van der Waals surface area (Å²) < 4.78 is 0. The highest BCUT2D eigenvalue weighted by Gasteiger charge is 2.42. The first-order valence-corrected chi connectivity index (χ1v) is 5.11. The molecule has 0 aromatic heterocycles. The zero-order valence-electron chi connectivity index (χ0n) is 8.48. The van der Waals surface area contributed by atoms with Crippen LogP contribution in [0.5, 0.6) is 0 Å². The zero-order valence-corrected chi connectivity index (χ0v) is 8.48. The van der Waals surface area contributed by atoms with Gasteiger partial charge in [0, 0.05) is 0 Å². The fourth-order valence-corrected chi connectivity index (χ4v) is 2.25. The Bertz CT molecular complexity index is 118. The summed E-state index contributed by atoms with van der Waals surface area (Å²) in [6.45, 7) is 9.56. The highest BCUT2D eigenvalue weighted by molar-refractivity contribution is 4.92. The molecule has 0 saturated heterocycles. The van der Waals surface area contributed by atoms with E-state index >= 15 is 0 Å². The third-order valence-electron chi connectivity index (χ3n) is 3.62. The minimum atomic E-state index is 0.661. The number of hydrogen-bond acceptors (Lipinski definition) is 0. The molecule has 0 aromatic rings. The fraction of sp³-hybridized carbons (Fsp3) is 1.00. The van der Waals surface area contributed by atoms with Crippen LogP contribution in [0.25, 0.3) is 0 Å². The van der Waals surface area contributed by atoms with Crippen molar-refractivity contribution in [2.75, 3.05) is 0 Å². The molecule has 0 spiro atoms. The van der Waals surface area contributed by atoms with Crippen LogP contribution < -0.4 is 0 Å². The summed E-state index contributed by atoms with van der Waals surface area (Å²) >= 11 is 0. The van der Waals surface area contributed by atoms with E-state index in [0.717, 1.165) is 11.8 Å². The molecule has 0 radical (unpaired) electrons. The molecule has 1 unspecified atom stereocenters. The second-order valence-electron chi connectivity index (χ2n) is 4.68. The van der Waals surface area contributed by atoms with Crippen LogP contribution in [0.15, 0.2) is 0 Å². The summed E-state index contributed by atoms with van der Waals surface area (Å²) in [4.78, 5) is 0. The molecule has 1 fully saturated rings. The van der Waals surface area contributed by atoms with Gasteiger partial charge in [-0.05, 0) is 36.5 Å². The molecular weight excluding hydrogens is 132 g/mol. The lowest BCUT2D eigenvalue weighted by Crippen LogP contribution is -2.25. The Balaban J connectivity index is 2.53. The van der Waals surface area contributed by atoms with Crippen LogP contribution in [0, 0.1) is 17.3 Å². The predicted octanol–water partition coefficient (Wildman–Crippen LogP) is 3.86. The Hall–Kier alpha value is 0. The van der Waals surface area contributed by atoms with Gasteiger partial charge in [-0.25, -0.2) is 0 Å². The largest absolute Gasteiger partial charge is 0.0654 e. The summed E-state index contributed by atoms with van der Waals surface area (Å²) in [7, 11) is 0. The Kier molecular flexibility index (Phi) is 2.61. The molecule has 11 heavy (non-hydrogen) atoms. The lowest BCUT2D eigenvalue weighted by atomic mass is 9.72. The van der Waals surface area contributed by atoms with Crippen molar-refractivity contribution in [1.82, 2.24) is 0 Å². The van der Waals surface area contributed by atoms with Crippen LogP contribution in [-0.4, -0.2) is 0 Å². The van der Waals surface area contributed by atoms with Crippen molar-refractivity contribution in [2.24, 2.45) is 17.3 Å². The highest BCUT2D eigenvalue weighted by Crippen LogP contribution is 2.52. The van der Waals surface area contributed by atoms with Gasteiger partial charge in [0.2, 0.25) is 0 Å². The van der Waals surface area contributed by atoms with E-state index < -0.39 is 0 Å². The molecule has 0 nitrogen and oxygen atoms in total. The fourth-order valence-electron chi connectivity index (χ4n) is 2.25. The molecule has 1 atom stereocenters. The maximum absolute atomic E-state index is 2.48. The van der Waals surface area contributed by atoms with Gasteiger partial charge in [0.05, 0.1) is 0 Å². The van der Waals surface area contributed by atoms with Gasteiger partial charge in [0.25, 0.3) is 0 Å². The second-order valence-corrected chi connectivity index (χ2v) is 4.68. The first-order chi connectivity index (χ1) is 5.11. The van der Waals surface area contributed by atoms with Crippen LogP contribution in [0.3, 0.4) is 0 Å². The van der Waals surface area contributed by atoms with Crippen molar-refractivity contribution >= 4 is 0 Å². The van der Waals surface area contributed by atoms with Crippen molar-refractivity contribution < 1.29 is 0 Å². The average Bonchev–Trinajstić information content (AvgIpc) is 2.68. The molecule has 1 aliphatic carbocycles. The van der Waals surface area contributed by atoms with Crippen molar-refractivity contribution in [3.8, 4) is 0 Å². The molecule has 1 aliphatic rings. The third kappa shape index (κ3) is 1.77. The molecule has 1 rings (SSSR count). The zero-order chi connectivity index (χ0) is 8.48. The van der Waals surface area contributed by atoms with Gasteiger partial charge >= 0.3 is 0 Å². The van der Waals surface area contributed by atoms with Gasteiger partial charge in [-0.2, -0.15) is 0 Å². The normalized spacial score (nSPS) is 23.7. The Morgan fingerprint density at radius 2 is 1.91 bits per heavy atom. The minimum absolute atomic E-state index is 0.661. The molecule has 0 bridgehead atoms. The maximum Gasteiger partial charge on any atom is -0.0275 e. The molecule has 0 amide bonds. The number of rotatable bonds is 4. The molecule has 0 heteroatoms. The van der Waals surface area contributed by atoms with E-state index in [1.54, 1.807) is 0 Å². The first-order valence-electron chi connectivity index (χ1n) is 5.11. The molecule has 0 heterocycles. The summed E-state index contributed by atoms with van der Waals surface area (Å²) in [5.74, 6) is 1.93. The molecular formula is C11H22. The Labute approximate surface area is 71.4 Å². The van der Waals surface area contributed by atoms with E-state index in [2.05, 4.69) is 27.7 Å². The average molecular weight is 154 g/mol. The lowest BCUT2D eigenvalue weighted by Gasteiger charge is -2.34. The lowest BCUT2D eigenvalue weighted by molar-refractivity contribution is 0.160. The van der Waals surface area contributed by atoms with Crippen molar-refractivity contribution in [2.45, 2.75) is 53.4 Å². The summed E-state index contributed by atoms with van der Waals surface area (Å²) in [5.41, 5.74) is 0.661. The second kappa shape index (κ2) is 3.16. The summed E-state index contributed by atoms with van der Waals surface area (Å²) in [6.07, 6.45) is 5.77. The van der Waals surface area contributed by atoms with E-state index in [1.165, 1.54) is 25.7 Å². The van der Waals surface area contributed by atoms with E-state index in [-0.39, 0.29) is 0 Å². The Morgan fingerprint density at radius 3 is 2.18 bits per heavy atom. The van der Waals surface area contributed by atoms with Crippen LogP contribution >= 0.6 is 0 Å². The third-order valence-corrected chi connectivity index (χ3v) is 3.62. The monoisotopic (exact) mass is 154 g/mol. The predicted molar refractivity (Wildman–Crippen MR) is 50.6 cm³/mol. The van der Waals surface area contributed by atoms with E-state index in [4.69, 9.17) is 0 Å². The van der Waals surface area contributed by atoms with Gasteiger partial charge in [-0.15, -0.1) is 0 Å². The quantitative estimate of drug-likeness (QED) is 0.577. The van der Waals surface area contributed by atoms with E-state index in [9.17, 15) is 0 Å². The van der Waals surface area contributed by atoms with Gasteiger partial charge in [0.15, 0.2) is 0 Å². The molecule has 1 saturated carbocycles. The number of hydrogen-bond donors (Lipinski definition) is 0. The van der Waals surface area contributed by atoms with Crippen LogP contribution in [0.1, 0.15) is 53.4 Å². The molecule has 66 valence electrons. The molecule has 0 aliphatic heterocycles. The highest BCUT2D eigenvalue weighted by atomic mass is 14.5. The summed E-state index contributed by atoms with van der Waals surface area (Å²) in [6, 6.07) is 0. The molecule has 0 aromatic carbocycles. The van der Waals surface area contributed by atoms with Crippen molar-refractivity contribution in [3.63, 3.8) is 0 Å². The van der Waals surface area contributed by atoms with Crippen LogP contribution in [0.4, 0.5) is 0 Å². The smallest absolute Gasteiger partial charge is 0.0275 e. The standard InChI is InChI=1S/C11H22/c1-5-8-11(4,9(2)3)10-6-7-10/h9-10H,5-8H2,1-4H3. The van der Waals surface area contributed by atoms with Gasteiger partial charge in [0.1, 0.15) is 0 Å². The van der Waals surface area contributed by atoms with Crippen LogP contribution in [0.2, 0.25) is 0 Å². The Morgan fingerprint density at radius 1 is 1.36 bits per heavy atom. The van der Waals surface area contributed by atoms with Crippen LogP contribution in [-0.2, 0) is 0 Å². The molecule has 0 N–H and O–H groups in total. The SMILES string of the molecule is CCCC(C)(C(C)C)C1CC1. The van der Waals surface area contributed by atoms with Gasteiger partial charge in [-0.1, -0.05) is 34.1 Å². The van der Waals surface area contributed by atoms with E-state index in [1.807, 2.05) is 0 Å². The first kappa shape index (κ1) is 9.09. The van der Waals surface area contributed by atoms with Crippen molar-refractivity contribution in [3.05, 3.63) is 0 Å². The van der Waals surface area contributed by atoms with Gasteiger partial charge in [-0.3, -0.25) is 0 Å².